The molecule has 3 aromatic rings. The summed E-state index contributed by atoms with van der Waals surface area (Å²) >= 11 is 12.5. The van der Waals surface area contributed by atoms with Crippen molar-refractivity contribution in [3.05, 3.63) is 64.3 Å². The summed E-state index contributed by atoms with van der Waals surface area (Å²) in [5.41, 5.74) is 3.73. The Morgan fingerprint density at radius 1 is 0.889 bits per heavy atom. The molecule has 0 amide bonds. The fraction of sp³-hybridized carbons (Fsp3) is 0.364. The highest BCUT2D eigenvalue weighted by Crippen LogP contribution is 2.32. The summed E-state index contributed by atoms with van der Waals surface area (Å²) in [4.78, 5) is 8.27. The van der Waals surface area contributed by atoms with E-state index in [1.807, 2.05) is 12.1 Å². The van der Waals surface area contributed by atoms with Gasteiger partial charge in [0.1, 0.15) is 0 Å². The lowest BCUT2D eigenvalue weighted by Gasteiger charge is -2.36. The molecule has 27 heavy (non-hydrogen) atoms. The van der Waals surface area contributed by atoms with Gasteiger partial charge in [-0.3, -0.25) is 4.90 Å². The van der Waals surface area contributed by atoms with Crippen molar-refractivity contribution >= 4 is 39.8 Å². The van der Waals surface area contributed by atoms with Crippen LogP contribution < -0.4 is 4.90 Å². The molecule has 1 aromatic heterocycles. The minimum Gasteiger partial charge on any atom is -0.368 e. The SMILES string of the molecule is Clc1cccc(N2CCN(CCCCc3c[nH]c4ccccc34)CC2)c1Cl. The van der Waals surface area contributed by atoms with Gasteiger partial charge in [-0.1, -0.05) is 47.5 Å². The largest absolute Gasteiger partial charge is 0.368 e. The topological polar surface area (TPSA) is 22.3 Å². The maximum absolute atomic E-state index is 6.37. The number of aromatic nitrogens is 1. The third-order valence-electron chi connectivity index (χ3n) is 5.49. The molecule has 2 heterocycles. The lowest BCUT2D eigenvalue weighted by Crippen LogP contribution is -2.46. The number of nitrogens with zero attached hydrogens (tertiary/aromatic N) is 2. The van der Waals surface area contributed by atoms with E-state index in [1.165, 1.54) is 35.9 Å². The molecule has 0 saturated carbocycles. The van der Waals surface area contributed by atoms with Crippen molar-refractivity contribution < 1.29 is 0 Å². The number of fused-ring (bicyclic) bond motifs is 1. The van der Waals surface area contributed by atoms with E-state index in [0.717, 1.165) is 38.3 Å². The zero-order valence-electron chi connectivity index (χ0n) is 15.4. The van der Waals surface area contributed by atoms with Gasteiger partial charge in [0.25, 0.3) is 0 Å². The molecule has 3 nitrogen and oxygen atoms in total. The molecule has 0 radical (unpaired) electrons. The van der Waals surface area contributed by atoms with Crippen molar-refractivity contribution in [2.24, 2.45) is 0 Å². The summed E-state index contributed by atoms with van der Waals surface area (Å²) in [5, 5.41) is 2.67. The summed E-state index contributed by atoms with van der Waals surface area (Å²) < 4.78 is 0. The second kappa shape index (κ2) is 8.55. The third-order valence-corrected chi connectivity index (χ3v) is 6.30. The normalized spacial score (nSPS) is 15.6. The van der Waals surface area contributed by atoms with Crippen molar-refractivity contribution in [1.82, 2.24) is 9.88 Å². The first-order valence-corrected chi connectivity index (χ1v) is 10.4. The number of rotatable bonds is 6. The molecule has 5 heteroatoms. The van der Waals surface area contributed by atoms with Crippen molar-refractivity contribution in [3.8, 4) is 0 Å². The summed E-state index contributed by atoms with van der Waals surface area (Å²) in [6.07, 6.45) is 5.76. The van der Waals surface area contributed by atoms with Gasteiger partial charge in [-0.05, 0) is 49.6 Å². The molecule has 0 bridgehead atoms. The van der Waals surface area contributed by atoms with Gasteiger partial charge in [-0.2, -0.15) is 0 Å². The number of unbranched alkanes of at least 4 members (excludes halogenated alkanes) is 1. The summed E-state index contributed by atoms with van der Waals surface area (Å²) in [5.74, 6) is 0. The smallest absolute Gasteiger partial charge is 0.0825 e. The number of H-pyrrole nitrogens is 1. The molecule has 142 valence electrons. The lowest BCUT2D eigenvalue weighted by molar-refractivity contribution is 0.253. The minimum absolute atomic E-state index is 0.633. The molecular formula is C22H25Cl2N3. The summed E-state index contributed by atoms with van der Waals surface area (Å²) in [7, 11) is 0. The number of aromatic amines is 1. The molecule has 4 rings (SSSR count). The molecular weight excluding hydrogens is 377 g/mol. The molecule has 1 fully saturated rings. The number of nitrogens with one attached hydrogen (secondary N) is 1. The highest BCUT2D eigenvalue weighted by molar-refractivity contribution is 6.43. The van der Waals surface area contributed by atoms with E-state index >= 15 is 0 Å². The summed E-state index contributed by atoms with van der Waals surface area (Å²) in [6, 6.07) is 14.4. The first-order chi connectivity index (χ1) is 13.2. The predicted octanol–water partition coefficient (Wildman–Crippen LogP) is 5.62. The Hall–Kier alpha value is -1.68. The Kier molecular flexibility index (Phi) is 5.92. The highest BCUT2D eigenvalue weighted by Gasteiger charge is 2.19. The van der Waals surface area contributed by atoms with Gasteiger partial charge < -0.3 is 9.88 Å². The predicted molar refractivity (Wildman–Crippen MR) is 116 cm³/mol. The van der Waals surface area contributed by atoms with Crippen LogP contribution in [0.5, 0.6) is 0 Å². The molecule has 1 saturated heterocycles. The molecule has 1 aliphatic heterocycles. The van der Waals surface area contributed by atoms with Crippen molar-refractivity contribution in [1.29, 1.82) is 0 Å². The average Bonchev–Trinajstić information content (AvgIpc) is 3.11. The zero-order chi connectivity index (χ0) is 18.6. The monoisotopic (exact) mass is 401 g/mol. The van der Waals surface area contributed by atoms with Crippen molar-refractivity contribution in [2.75, 3.05) is 37.6 Å². The lowest BCUT2D eigenvalue weighted by atomic mass is 10.1. The Balaban J connectivity index is 1.22. The molecule has 0 unspecified atom stereocenters. The fourth-order valence-electron chi connectivity index (χ4n) is 3.94. The third kappa shape index (κ3) is 4.26. The Morgan fingerprint density at radius 3 is 2.56 bits per heavy atom. The van der Waals surface area contributed by atoms with E-state index < -0.39 is 0 Å². The van der Waals surface area contributed by atoms with Crippen LogP contribution in [0.25, 0.3) is 10.9 Å². The molecule has 0 aliphatic carbocycles. The molecule has 1 aliphatic rings. The second-order valence-corrected chi connectivity index (χ2v) is 8.00. The molecule has 1 N–H and O–H groups in total. The van der Waals surface area contributed by atoms with E-state index in [4.69, 9.17) is 23.2 Å². The number of para-hydroxylation sites is 1. The van der Waals surface area contributed by atoms with Crippen molar-refractivity contribution in [3.63, 3.8) is 0 Å². The van der Waals surface area contributed by atoms with Crippen LogP contribution in [0.2, 0.25) is 10.0 Å². The number of aryl methyl sites for hydroxylation is 1. The fourth-order valence-corrected chi connectivity index (χ4v) is 4.35. The van der Waals surface area contributed by atoms with Crippen LogP contribution in [0.15, 0.2) is 48.7 Å². The molecule has 0 spiro atoms. The second-order valence-electron chi connectivity index (χ2n) is 7.22. The van der Waals surface area contributed by atoms with Crippen LogP contribution in [0.4, 0.5) is 5.69 Å². The number of piperazine rings is 1. The Labute approximate surface area is 170 Å². The van der Waals surface area contributed by atoms with Gasteiger partial charge in [-0.15, -0.1) is 0 Å². The van der Waals surface area contributed by atoms with Crippen LogP contribution in [0, 0.1) is 0 Å². The van der Waals surface area contributed by atoms with Gasteiger partial charge in [-0.25, -0.2) is 0 Å². The van der Waals surface area contributed by atoms with Crippen LogP contribution >= 0.6 is 23.2 Å². The van der Waals surface area contributed by atoms with Crippen LogP contribution in [0.1, 0.15) is 18.4 Å². The van der Waals surface area contributed by atoms with Gasteiger partial charge in [0.15, 0.2) is 0 Å². The highest BCUT2D eigenvalue weighted by atomic mass is 35.5. The van der Waals surface area contributed by atoms with Crippen molar-refractivity contribution in [2.45, 2.75) is 19.3 Å². The molecule has 2 aromatic carbocycles. The average molecular weight is 402 g/mol. The Bertz CT molecular complexity index is 897. The number of benzene rings is 2. The minimum atomic E-state index is 0.633. The van der Waals surface area contributed by atoms with Crippen LogP contribution in [0.3, 0.4) is 0 Å². The maximum atomic E-state index is 6.37. The van der Waals surface area contributed by atoms with Gasteiger partial charge in [0.2, 0.25) is 0 Å². The number of anilines is 1. The standard InChI is InChI=1S/C22H25Cl2N3/c23-19-8-5-10-21(22(19)24)27-14-12-26(13-15-27)11-4-3-6-17-16-25-20-9-2-1-7-18(17)20/h1-2,5,7-10,16,25H,3-4,6,11-15H2. The van der Waals surface area contributed by atoms with E-state index in [1.54, 1.807) is 0 Å². The van der Waals surface area contributed by atoms with E-state index in [-0.39, 0.29) is 0 Å². The van der Waals surface area contributed by atoms with E-state index in [9.17, 15) is 0 Å². The Morgan fingerprint density at radius 2 is 1.70 bits per heavy atom. The summed E-state index contributed by atoms with van der Waals surface area (Å²) in [6.45, 7) is 5.33. The van der Waals surface area contributed by atoms with Gasteiger partial charge in [0.05, 0.1) is 15.7 Å². The first-order valence-electron chi connectivity index (χ1n) is 9.68. The zero-order valence-corrected chi connectivity index (χ0v) is 16.9. The van der Waals surface area contributed by atoms with Gasteiger partial charge in [0, 0.05) is 43.3 Å². The van der Waals surface area contributed by atoms with E-state index in [0.29, 0.717) is 10.0 Å². The molecule has 0 atom stereocenters. The van der Waals surface area contributed by atoms with Crippen LogP contribution in [-0.2, 0) is 6.42 Å². The first kappa shape index (κ1) is 18.7. The maximum Gasteiger partial charge on any atom is 0.0825 e. The van der Waals surface area contributed by atoms with Gasteiger partial charge >= 0.3 is 0 Å². The quantitative estimate of drug-likeness (QED) is 0.541. The van der Waals surface area contributed by atoms with E-state index in [2.05, 4.69) is 51.3 Å². The number of hydrogen-bond acceptors (Lipinski definition) is 2. The number of halogens is 2. The number of hydrogen-bond donors (Lipinski definition) is 1. The van der Waals surface area contributed by atoms with Crippen LogP contribution in [-0.4, -0.2) is 42.6 Å².